The minimum absolute atomic E-state index is 0.0338. The highest BCUT2D eigenvalue weighted by Crippen LogP contribution is 2.27. The first-order chi connectivity index (χ1) is 15.8. The Balaban J connectivity index is 1.76. The fourth-order valence-corrected chi connectivity index (χ4v) is 3.56. The maximum absolute atomic E-state index is 12.9. The zero-order chi connectivity index (χ0) is 25.1. The monoisotopic (exact) mass is 461 g/mol. The quantitative estimate of drug-likeness (QED) is 0.453. The Morgan fingerprint density at radius 3 is 2.32 bits per heavy atom. The standard InChI is InChI=1S/C28H35N3O3/c1-18-11-12-21(30-25(32)20-10-8-9-19(13-20)16-27(2,3)4)14-22(18)23-15-24(34-31-23)26(33)29-17-28(5,6)7/h8-15H,16-17H2,1-7H3,(H,29,33)(H,30,32). The van der Waals surface area contributed by atoms with E-state index in [-0.39, 0.29) is 28.4 Å². The van der Waals surface area contributed by atoms with Crippen LogP contribution in [0, 0.1) is 17.8 Å². The molecule has 1 heterocycles. The SMILES string of the molecule is Cc1ccc(NC(=O)c2cccc(CC(C)(C)C)c2)cc1-c1cc(C(=O)NCC(C)(C)C)on1. The third kappa shape index (κ3) is 7.04. The lowest BCUT2D eigenvalue weighted by Gasteiger charge is -2.18. The van der Waals surface area contributed by atoms with Crippen molar-refractivity contribution in [2.75, 3.05) is 11.9 Å². The minimum Gasteiger partial charge on any atom is -0.350 e. The van der Waals surface area contributed by atoms with Gasteiger partial charge in [0.15, 0.2) is 0 Å². The van der Waals surface area contributed by atoms with Crippen molar-refractivity contribution in [1.82, 2.24) is 10.5 Å². The van der Waals surface area contributed by atoms with E-state index in [1.54, 1.807) is 6.07 Å². The number of carbonyl (C=O) groups is 2. The van der Waals surface area contributed by atoms with Crippen molar-refractivity contribution in [2.24, 2.45) is 10.8 Å². The predicted molar refractivity (Wildman–Crippen MR) is 136 cm³/mol. The van der Waals surface area contributed by atoms with E-state index in [9.17, 15) is 9.59 Å². The summed E-state index contributed by atoms with van der Waals surface area (Å²) >= 11 is 0. The number of nitrogens with zero attached hydrogens (tertiary/aromatic N) is 1. The van der Waals surface area contributed by atoms with Crippen molar-refractivity contribution in [3.8, 4) is 11.3 Å². The Hall–Kier alpha value is -3.41. The molecule has 2 amide bonds. The first-order valence-corrected chi connectivity index (χ1v) is 11.6. The number of anilines is 1. The van der Waals surface area contributed by atoms with Gasteiger partial charge in [0.2, 0.25) is 5.76 Å². The fraction of sp³-hybridized carbons (Fsp3) is 0.393. The highest BCUT2D eigenvalue weighted by atomic mass is 16.5. The van der Waals surface area contributed by atoms with Gasteiger partial charge in [0.05, 0.1) is 0 Å². The van der Waals surface area contributed by atoms with Gasteiger partial charge in [-0.1, -0.05) is 64.9 Å². The Labute approximate surface area is 202 Å². The van der Waals surface area contributed by atoms with E-state index in [2.05, 4.69) is 36.6 Å². The summed E-state index contributed by atoms with van der Waals surface area (Å²) in [5, 5.41) is 9.93. The van der Waals surface area contributed by atoms with Gasteiger partial charge in [0.25, 0.3) is 11.8 Å². The Morgan fingerprint density at radius 1 is 0.912 bits per heavy atom. The van der Waals surface area contributed by atoms with Gasteiger partial charge in [-0.25, -0.2) is 0 Å². The van der Waals surface area contributed by atoms with E-state index < -0.39 is 0 Å². The van der Waals surface area contributed by atoms with Crippen molar-refractivity contribution in [3.63, 3.8) is 0 Å². The Bertz CT molecular complexity index is 1180. The Morgan fingerprint density at radius 2 is 1.65 bits per heavy atom. The number of aromatic nitrogens is 1. The van der Waals surface area contributed by atoms with Crippen molar-refractivity contribution >= 4 is 17.5 Å². The summed E-state index contributed by atoms with van der Waals surface area (Å²) in [4.78, 5) is 25.3. The molecule has 0 aliphatic heterocycles. The van der Waals surface area contributed by atoms with Crippen LogP contribution in [0.3, 0.4) is 0 Å². The molecule has 3 aromatic rings. The van der Waals surface area contributed by atoms with Gasteiger partial charge in [-0.05, 0) is 59.6 Å². The summed E-state index contributed by atoms with van der Waals surface area (Å²) in [6.07, 6.45) is 0.890. The lowest BCUT2D eigenvalue weighted by molar-refractivity contribution is 0.0902. The van der Waals surface area contributed by atoms with Crippen LogP contribution < -0.4 is 10.6 Å². The molecule has 0 unspecified atom stereocenters. The summed E-state index contributed by atoms with van der Waals surface area (Å²) < 4.78 is 5.29. The fourth-order valence-electron chi connectivity index (χ4n) is 3.56. The van der Waals surface area contributed by atoms with Crippen LogP contribution in [0.5, 0.6) is 0 Å². The highest BCUT2D eigenvalue weighted by Gasteiger charge is 2.19. The molecule has 180 valence electrons. The molecule has 0 saturated heterocycles. The number of benzene rings is 2. The number of nitrogens with one attached hydrogen (secondary N) is 2. The second-order valence-corrected chi connectivity index (χ2v) is 11.2. The van der Waals surface area contributed by atoms with E-state index in [1.165, 1.54) is 0 Å². The molecule has 34 heavy (non-hydrogen) atoms. The van der Waals surface area contributed by atoms with Gasteiger partial charge < -0.3 is 15.2 Å². The van der Waals surface area contributed by atoms with Gasteiger partial charge in [-0.2, -0.15) is 0 Å². The summed E-state index contributed by atoms with van der Waals surface area (Å²) in [5.74, 6) is -0.317. The minimum atomic E-state index is -0.300. The normalized spacial score (nSPS) is 11.9. The van der Waals surface area contributed by atoms with E-state index in [4.69, 9.17) is 4.52 Å². The van der Waals surface area contributed by atoms with Gasteiger partial charge in [-0.15, -0.1) is 0 Å². The van der Waals surface area contributed by atoms with Gasteiger partial charge >= 0.3 is 0 Å². The van der Waals surface area contributed by atoms with Crippen molar-refractivity contribution in [2.45, 2.75) is 54.9 Å². The van der Waals surface area contributed by atoms with Crippen LogP contribution in [0.15, 0.2) is 53.1 Å². The Kier molecular flexibility index (Phi) is 7.29. The van der Waals surface area contributed by atoms with Crippen LogP contribution in [0.1, 0.15) is 73.6 Å². The number of hydrogen-bond acceptors (Lipinski definition) is 4. The van der Waals surface area contributed by atoms with Gasteiger partial charge in [0.1, 0.15) is 5.69 Å². The van der Waals surface area contributed by atoms with Crippen molar-refractivity contribution in [1.29, 1.82) is 0 Å². The molecule has 0 fully saturated rings. The topological polar surface area (TPSA) is 84.2 Å². The van der Waals surface area contributed by atoms with Crippen LogP contribution >= 0.6 is 0 Å². The molecule has 2 aromatic carbocycles. The summed E-state index contributed by atoms with van der Waals surface area (Å²) in [6, 6.07) is 15.0. The van der Waals surface area contributed by atoms with Crippen LogP contribution in [0.2, 0.25) is 0 Å². The summed E-state index contributed by atoms with van der Waals surface area (Å²) in [5.41, 5.74) is 4.79. The van der Waals surface area contributed by atoms with Crippen LogP contribution in [0.4, 0.5) is 5.69 Å². The zero-order valence-electron chi connectivity index (χ0n) is 21.2. The third-order valence-electron chi connectivity index (χ3n) is 5.21. The molecule has 0 aliphatic rings. The number of hydrogen-bond donors (Lipinski definition) is 2. The molecular formula is C28H35N3O3. The molecule has 2 N–H and O–H groups in total. The molecule has 0 spiro atoms. The molecule has 1 aromatic heterocycles. The smallest absolute Gasteiger partial charge is 0.289 e. The predicted octanol–water partition coefficient (Wildman–Crippen LogP) is 6.27. The van der Waals surface area contributed by atoms with Crippen LogP contribution in [-0.2, 0) is 6.42 Å². The lowest BCUT2D eigenvalue weighted by atomic mass is 9.87. The third-order valence-corrected chi connectivity index (χ3v) is 5.21. The first kappa shape index (κ1) is 25.2. The molecule has 0 radical (unpaired) electrons. The average Bonchev–Trinajstić information content (AvgIpc) is 3.22. The lowest BCUT2D eigenvalue weighted by Crippen LogP contribution is -2.31. The number of rotatable bonds is 6. The first-order valence-electron chi connectivity index (χ1n) is 11.6. The number of aryl methyl sites for hydroxylation is 1. The average molecular weight is 462 g/mol. The van der Waals surface area contributed by atoms with Crippen molar-refractivity contribution in [3.05, 3.63) is 71.0 Å². The second-order valence-electron chi connectivity index (χ2n) is 11.2. The van der Waals surface area contributed by atoms with Gasteiger partial charge in [0, 0.05) is 29.4 Å². The molecule has 3 rings (SSSR count). The molecule has 0 bridgehead atoms. The molecule has 6 nitrogen and oxygen atoms in total. The molecule has 6 heteroatoms. The number of carbonyl (C=O) groups excluding carboxylic acids is 2. The highest BCUT2D eigenvalue weighted by molar-refractivity contribution is 6.04. The van der Waals surface area contributed by atoms with Crippen LogP contribution in [0.25, 0.3) is 11.3 Å². The van der Waals surface area contributed by atoms with E-state index in [1.807, 2.05) is 70.2 Å². The molecule has 0 saturated carbocycles. The number of amides is 2. The summed E-state index contributed by atoms with van der Waals surface area (Å²) in [7, 11) is 0. The van der Waals surface area contributed by atoms with E-state index >= 15 is 0 Å². The van der Waals surface area contributed by atoms with E-state index in [0.717, 1.165) is 23.1 Å². The maximum Gasteiger partial charge on any atom is 0.289 e. The van der Waals surface area contributed by atoms with Crippen LogP contribution in [-0.4, -0.2) is 23.5 Å². The zero-order valence-corrected chi connectivity index (χ0v) is 21.2. The molecule has 0 aliphatic carbocycles. The molecule has 0 atom stereocenters. The summed E-state index contributed by atoms with van der Waals surface area (Å²) in [6.45, 7) is 15.1. The largest absolute Gasteiger partial charge is 0.350 e. The van der Waals surface area contributed by atoms with E-state index in [0.29, 0.717) is 23.5 Å². The van der Waals surface area contributed by atoms with Crippen molar-refractivity contribution < 1.29 is 14.1 Å². The van der Waals surface area contributed by atoms with Gasteiger partial charge in [-0.3, -0.25) is 9.59 Å². The second kappa shape index (κ2) is 9.84. The maximum atomic E-state index is 12.9. The molecular weight excluding hydrogens is 426 g/mol.